The summed E-state index contributed by atoms with van der Waals surface area (Å²) in [5, 5.41) is 3.86. The molecule has 1 N–H and O–H groups in total. The van der Waals surface area contributed by atoms with Gasteiger partial charge in [0.05, 0.1) is 12.2 Å². The molecule has 0 amide bonds. The first kappa shape index (κ1) is 12.6. The Morgan fingerprint density at radius 3 is 2.84 bits per heavy atom. The average Bonchev–Trinajstić information content (AvgIpc) is 3.13. The Hall–Kier alpha value is -0.120. The molecule has 2 saturated carbocycles. The summed E-state index contributed by atoms with van der Waals surface area (Å²) in [6.45, 7) is 3.87. The average molecular weight is 265 g/mol. The number of fused-ring (bicyclic) bond motifs is 2. The van der Waals surface area contributed by atoms with E-state index in [0.717, 1.165) is 50.4 Å². The van der Waals surface area contributed by atoms with Crippen LogP contribution in [0, 0.1) is 17.8 Å². The highest BCUT2D eigenvalue weighted by Crippen LogP contribution is 2.48. The molecule has 5 atom stereocenters. The second-order valence-corrected chi connectivity index (χ2v) is 7.37. The van der Waals surface area contributed by atoms with Crippen LogP contribution in [-0.4, -0.2) is 38.0 Å². The summed E-state index contributed by atoms with van der Waals surface area (Å²) in [7, 11) is 0. The van der Waals surface area contributed by atoms with Crippen LogP contribution in [0.25, 0.3) is 0 Å². The van der Waals surface area contributed by atoms with Crippen molar-refractivity contribution in [2.75, 3.05) is 26.4 Å². The molecule has 2 aliphatic heterocycles. The van der Waals surface area contributed by atoms with E-state index in [0.29, 0.717) is 6.04 Å². The minimum atomic E-state index is 0.0601. The highest BCUT2D eigenvalue weighted by molar-refractivity contribution is 4.95. The van der Waals surface area contributed by atoms with Crippen molar-refractivity contribution in [3.63, 3.8) is 0 Å². The molecule has 5 unspecified atom stereocenters. The van der Waals surface area contributed by atoms with Gasteiger partial charge in [0.25, 0.3) is 0 Å². The van der Waals surface area contributed by atoms with E-state index in [4.69, 9.17) is 9.47 Å². The maximum absolute atomic E-state index is 6.01. The molecule has 2 bridgehead atoms. The SMILES string of the molecule is C1CC2(CO1)CC(NCC1CC3CCC1C3)CCO2. The van der Waals surface area contributed by atoms with E-state index in [1.54, 1.807) is 0 Å². The van der Waals surface area contributed by atoms with Gasteiger partial charge in [0.2, 0.25) is 0 Å². The van der Waals surface area contributed by atoms with Gasteiger partial charge in [-0.25, -0.2) is 0 Å². The van der Waals surface area contributed by atoms with Crippen LogP contribution in [0.5, 0.6) is 0 Å². The molecule has 4 aliphatic rings. The predicted octanol–water partition coefficient (Wildman–Crippen LogP) is 2.35. The maximum Gasteiger partial charge on any atom is 0.0951 e. The van der Waals surface area contributed by atoms with Crippen LogP contribution < -0.4 is 5.32 Å². The molecule has 3 nitrogen and oxygen atoms in total. The molecule has 0 aromatic rings. The van der Waals surface area contributed by atoms with E-state index in [2.05, 4.69) is 5.32 Å². The van der Waals surface area contributed by atoms with Gasteiger partial charge in [-0.3, -0.25) is 0 Å². The molecule has 2 aliphatic carbocycles. The normalized spacial score (nSPS) is 49.3. The molecule has 0 aromatic carbocycles. The van der Waals surface area contributed by atoms with Gasteiger partial charge in [0.1, 0.15) is 0 Å². The quantitative estimate of drug-likeness (QED) is 0.849. The summed E-state index contributed by atoms with van der Waals surface area (Å²) in [5.74, 6) is 3.08. The minimum absolute atomic E-state index is 0.0601. The summed E-state index contributed by atoms with van der Waals surface area (Å²) in [5.41, 5.74) is 0.0601. The van der Waals surface area contributed by atoms with Crippen molar-refractivity contribution in [2.45, 2.75) is 56.6 Å². The van der Waals surface area contributed by atoms with Crippen molar-refractivity contribution in [2.24, 2.45) is 17.8 Å². The number of hydrogen-bond donors (Lipinski definition) is 1. The first-order valence-electron chi connectivity index (χ1n) is 8.28. The lowest BCUT2D eigenvalue weighted by atomic mass is 9.87. The van der Waals surface area contributed by atoms with Crippen molar-refractivity contribution in [1.82, 2.24) is 5.32 Å². The summed E-state index contributed by atoms with van der Waals surface area (Å²) in [6, 6.07) is 0.662. The topological polar surface area (TPSA) is 30.5 Å². The van der Waals surface area contributed by atoms with Crippen LogP contribution in [0.1, 0.15) is 44.9 Å². The molecular formula is C16H27NO2. The van der Waals surface area contributed by atoms with Crippen LogP contribution in [0.15, 0.2) is 0 Å². The minimum Gasteiger partial charge on any atom is -0.378 e. The molecule has 4 fully saturated rings. The molecule has 108 valence electrons. The van der Waals surface area contributed by atoms with Crippen molar-refractivity contribution in [3.05, 3.63) is 0 Å². The van der Waals surface area contributed by atoms with Crippen LogP contribution in [0.2, 0.25) is 0 Å². The van der Waals surface area contributed by atoms with Gasteiger partial charge in [-0.05, 0) is 56.4 Å². The monoisotopic (exact) mass is 265 g/mol. The van der Waals surface area contributed by atoms with Crippen molar-refractivity contribution >= 4 is 0 Å². The summed E-state index contributed by atoms with van der Waals surface area (Å²) < 4.78 is 11.6. The van der Waals surface area contributed by atoms with E-state index in [1.165, 1.54) is 38.6 Å². The fourth-order valence-electron chi connectivity index (χ4n) is 5.01. The standard InChI is InChI=1S/C16H27NO2/c1-2-13-7-12(1)8-14(13)10-17-15-3-5-19-16(9-15)4-6-18-11-16/h12-15,17H,1-11H2. The van der Waals surface area contributed by atoms with Crippen LogP contribution in [0.3, 0.4) is 0 Å². The number of ether oxygens (including phenoxy) is 2. The largest absolute Gasteiger partial charge is 0.378 e. The molecule has 0 aromatic heterocycles. The predicted molar refractivity (Wildman–Crippen MR) is 74.1 cm³/mol. The van der Waals surface area contributed by atoms with Gasteiger partial charge >= 0.3 is 0 Å². The molecule has 1 spiro atoms. The Morgan fingerprint density at radius 2 is 2.11 bits per heavy atom. The summed E-state index contributed by atoms with van der Waals surface area (Å²) >= 11 is 0. The highest BCUT2D eigenvalue weighted by atomic mass is 16.6. The highest BCUT2D eigenvalue weighted by Gasteiger charge is 2.42. The van der Waals surface area contributed by atoms with Crippen molar-refractivity contribution in [1.29, 1.82) is 0 Å². The zero-order valence-corrected chi connectivity index (χ0v) is 11.9. The second kappa shape index (κ2) is 5.01. The fourth-order valence-corrected chi connectivity index (χ4v) is 5.01. The zero-order chi connectivity index (χ0) is 12.7. The van der Waals surface area contributed by atoms with Gasteiger partial charge in [-0.1, -0.05) is 6.42 Å². The number of rotatable bonds is 3. The van der Waals surface area contributed by atoms with E-state index >= 15 is 0 Å². The van der Waals surface area contributed by atoms with E-state index in [9.17, 15) is 0 Å². The molecule has 2 heterocycles. The van der Waals surface area contributed by atoms with Gasteiger partial charge in [-0.2, -0.15) is 0 Å². The third-order valence-electron chi connectivity index (χ3n) is 6.11. The van der Waals surface area contributed by atoms with Crippen molar-refractivity contribution < 1.29 is 9.47 Å². The van der Waals surface area contributed by atoms with E-state index in [-0.39, 0.29) is 5.60 Å². The third kappa shape index (κ3) is 2.45. The molecule has 4 rings (SSSR count). The maximum atomic E-state index is 6.01. The Bertz CT molecular complexity index is 327. The van der Waals surface area contributed by atoms with Crippen LogP contribution >= 0.6 is 0 Å². The van der Waals surface area contributed by atoms with E-state index < -0.39 is 0 Å². The first-order chi connectivity index (χ1) is 9.33. The Kier molecular flexibility index (Phi) is 3.33. The first-order valence-corrected chi connectivity index (χ1v) is 8.28. The molecule has 2 saturated heterocycles. The number of hydrogen-bond acceptors (Lipinski definition) is 3. The zero-order valence-electron chi connectivity index (χ0n) is 11.9. The fraction of sp³-hybridized carbons (Fsp3) is 1.00. The smallest absolute Gasteiger partial charge is 0.0951 e. The van der Waals surface area contributed by atoms with Crippen molar-refractivity contribution in [3.8, 4) is 0 Å². The Balaban J connectivity index is 1.28. The van der Waals surface area contributed by atoms with E-state index in [1.807, 2.05) is 0 Å². The Labute approximate surface area is 116 Å². The van der Waals surface area contributed by atoms with Gasteiger partial charge < -0.3 is 14.8 Å². The Morgan fingerprint density at radius 1 is 1.11 bits per heavy atom. The van der Waals surface area contributed by atoms with Crippen LogP contribution in [-0.2, 0) is 9.47 Å². The van der Waals surface area contributed by atoms with Gasteiger partial charge in [-0.15, -0.1) is 0 Å². The molecule has 3 heteroatoms. The molecule has 0 radical (unpaired) electrons. The van der Waals surface area contributed by atoms with Gasteiger partial charge in [0, 0.05) is 25.7 Å². The number of nitrogens with one attached hydrogen (secondary N) is 1. The van der Waals surface area contributed by atoms with Gasteiger partial charge in [0.15, 0.2) is 0 Å². The lowest BCUT2D eigenvalue weighted by Gasteiger charge is -2.38. The summed E-state index contributed by atoms with van der Waals surface area (Å²) in [6.07, 6.45) is 9.48. The molecule has 19 heavy (non-hydrogen) atoms. The summed E-state index contributed by atoms with van der Waals surface area (Å²) in [4.78, 5) is 0. The molecular weight excluding hydrogens is 238 g/mol. The van der Waals surface area contributed by atoms with Crippen LogP contribution in [0.4, 0.5) is 0 Å². The lowest BCUT2D eigenvalue weighted by molar-refractivity contribution is -0.0896. The second-order valence-electron chi connectivity index (χ2n) is 7.37. The third-order valence-corrected chi connectivity index (χ3v) is 6.11. The lowest BCUT2D eigenvalue weighted by Crippen LogP contribution is -2.48.